The minimum atomic E-state index is -0.371. The van der Waals surface area contributed by atoms with Gasteiger partial charge in [0, 0.05) is 46.0 Å². The van der Waals surface area contributed by atoms with E-state index in [9.17, 15) is 0 Å². The largest absolute Gasteiger partial charge is 0.493 e. The molecule has 3 aromatic rings. The monoisotopic (exact) mass is 428 g/mol. The first kappa shape index (κ1) is 19.7. The first-order valence-electron chi connectivity index (χ1n) is 9.31. The van der Waals surface area contributed by atoms with Gasteiger partial charge >= 0.3 is 0 Å². The first-order valence-corrected chi connectivity index (χ1v) is 10.1. The molecular weight excluding hydrogens is 407 g/mol. The molecule has 4 rings (SSSR count). The van der Waals surface area contributed by atoms with Gasteiger partial charge in [0.15, 0.2) is 11.5 Å². The van der Waals surface area contributed by atoms with E-state index in [1.54, 1.807) is 14.2 Å². The third kappa shape index (κ3) is 3.96. The van der Waals surface area contributed by atoms with E-state index in [0.717, 1.165) is 33.9 Å². The van der Waals surface area contributed by atoms with Crippen molar-refractivity contribution in [3.8, 4) is 11.5 Å². The SMILES string of the molecule is COc1ccc(NC2(Cc3cccc(Cl)c3)CNc3cc(Cl)ccc32)cc1OC. The lowest BCUT2D eigenvalue weighted by atomic mass is 9.85. The van der Waals surface area contributed by atoms with Crippen LogP contribution in [0.5, 0.6) is 11.5 Å². The van der Waals surface area contributed by atoms with Crippen molar-refractivity contribution in [2.24, 2.45) is 0 Å². The molecule has 1 unspecified atom stereocenters. The van der Waals surface area contributed by atoms with Crippen LogP contribution in [0.4, 0.5) is 11.4 Å². The van der Waals surface area contributed by atoms with Crippen LogP contribution < -0.4 is 20.1 Å². The molecule has 0 aliphatic carbocycles. The van der Waals surface area contributed by atoms with Crippen molar-refractivity contribution in [1.82, 2.24) is 0 Å². The molecule has 0 spiro atoms. The number of benzene rings is 3. The normalized spacial score (nSPS) is 17.4. The van der Waals surface area contributed by atoms with Crippen LogP contribution in [0.15, 0.2) is 60.7 Å². The van der Waals surface area contributed by atoms with E-state index in [4.69, 9.17) is 32.7 Å². The molecule has 150 valence electrons. The van der Waals surface area contributed by atoms with Crippen molar-refractivity contribution in [1.29, 1.82) is 0 Å². The zero-order valence-electron chi connectivity index (χ0n) is 16.3. The van der Waals surface area contributed by atoms with Gasteiger partial charge in [-0.2, -0.15) is 0 Å². The molecule has 0 aromatic heterocycles. The van der Waals surface area contributed by atoms with Gasteiger partial charge in [-0.25, -0.2) is 0 Å². The zero-order valence-corrected chi connectivity index (χ0v) is 17.8. The average molecular weight is 429 g/mol. The van der Waals surface area contributed by atoms with Gasteiger partial charge in [0.05, 0.1) is 19.8 Å². The number of halogens is 2. The Balaban J connectivity index is 1.76. The smallest absolute Gasteiger partial charge is 0.162 e. The van der Waals surface area contributed by atoms with E-state index < -0.39 is 0 Å². The average Bonchev–Trinajstić information content (AvgIpc) is 3.05. The highest BCUT2D eigenvalue weighted by atomic mass is 35.5. The zero-order chi connectivity index (χ0) is 20.4. The van der Waals surface area contributed by atoms with Crippen LogP contribution in [0.2, 0.25) is 10.0 Å². The van der Waals surface area contributed by atoms with E-state index in [2.05, 4.69) is 22.8 Å². The van der Waals surface area contributed by atoms with Crippen LogP contribution in [0.25, 0.3) is 0 Å². The van der Waals surface area contributed by atoms with Crippen molar-refractivity contribution in [2.75, 3.05) is 31.4 Å². The maximum atomic E-state index is 6.25. The van der Waals surface area contributed by atoms with Gasteiger partial charge in [-0.15, -0.1) is 0 Å². The molecule has 0 saturated carbocycles. The number of anilines is 2. The van der Waals surface area contributed by atoms with Gasteiger partial charge in [0.25, 0.3) is 0 Å². The standard InChI is InChI=1S/C23H22Cl2N2O2/c1-28-21-9-7-18(12-22(21)29-2)27-23(13-15-4-3-5-16(24)10-15)14-26-20-11-17(25)6-8-19(20)23/h3-12,26-27H,13-14H2,1-2H3. The predicted octanol–water partition coefficient (Wildman–Crippen LogP) is 5.99. The summed E-state index contributed by atoms with van der Waals surface area (Å²) in [7, 11) is 3.27. The summed E-state index contributed by atoms with van der Waals surface area (Å²) in [4.78, 5) is 0. The summed E-state index contributed by atoms with van der Waals surface area (Å²) < 4.78 is 10.8. The molecular formula is C23H22Cl2N2O2. The lowest BCUT2D eigenvalue weighted by Crippen LogP contribution is -2.39. The van der Waals surface area contributed by atoms with Crippen molar-refractivity contribution >= 4 is 34.6 Å². The highest BCUT2D eigenvalue weighted by Crippen LogP contribution is 2.42. The highest BCUT2D eigenvalue weighted by Gasteiger charge is 2.39. The van der Waals surface area contributed by atoms with Crippen molar-refractivity contribution < 1.29 is 9.47 Å². The van der Waals surface area contributed by atoms with Crippen molar-refractivity contribution in [2.45, 2.75) is 12.0 Å². The van der Waals surface area contributed by atoms with Crippen molar-refractivity contribution in [3.05, 3.63) is 81.8 Å². The van der Waals surface area contributed by atoms with E-state index in [-0.39, 0.29) is 5.54 Å². The molecule has 2 N–H and O–H groups in total. The Bertz CT molecular complexity index is 1040. The Morgan fingerprint density at radius 3 is 2.48 bits per heavy atom. The maximum Gasteiger partial charge on any atom is 0.162 e. The topological polar surface area (TPSA) is 42.5 Å². The second-order valence-electron chi connectivity index (χ2n) is 7.13. The second kappa shape index (κ2) is 8.05. The molecule has 4 nitrogen and oxygen atoms in total. The Morgan fingerprint density at radius 1 is 0.931 bits per heavy atom. The van der Waals surface area contributed by atoms with Gasteiger partial charge in [-0.1, -0.05) is 41.4 Å². The molecule has 0 bridgehead atoms. The molecule has 3 aromatic carbocycles. The summed E-state index contributed by atoms with van der Waals surface area (Å²) in [6, 6.07) is 19.8. The van der Waals surface area contributed by atoms with Crippen LogP contribution in [0.3, 0.4) is 0 Å². The molecule has 0 saturated heterocycles. The maximum absolute atomic E-state index is 6.25. The number of methoxy groups -OCH3 is 2. The fourth-order valence-corrected chi connectivity index (χ4v) is 4.31. The second-order valence-corrected chi connectivity index (χ2v) is 8.00. The Hall–Kier alpha value is -2.56. The molecule has 1 atom stereocenters. The molecule has 29 heavy (non-hydrogen) atoms. The number of fused-ring (bicyclic) bond motifs is 1. The number of nitrogens with one attached hydrogen (secondary N) is 2. The molecule has 1 aliphatic rings. The quantitative estimate of drug-likeness (QED) is 0.506. The molecule has 0 fully saturated rings. The Labute approximate surface area is 180 Å². The van der Waals surface area contributed by atoms with Gasteiger partial charge in [0.2, 0.25) is 0 Å². The molecule has 6 heteroatoms. The van der Waals surface area contributed by atoms with Gasteiger partial charge in [-0.3, -0.25) is 0 Å². The van der Waals surface area contributed by atoms with Crippen LogP contribution in [-0.2, 0) is 12.0 Å². The van der Waals surface area contributed by atoms with Crippen molar-refractivity contribution in [3.63, 3.8) is 0 Å². The van der Waals surface area contributed by atoms with Gasteiger partial charge in [0.1, 0.15) is 0 Å². The predicted molar refractivity (Wildman–Crippen MR) is 120 cm³/mol. The van der Waals surface area contributed by atoms with E-state index in [0.29, 0.717) is 23.1 Å². The fourth-order valence-electron chi connectivity index (χ4n) is 3.92. The van der Waals surface area contributed by atoms with E-state index in [1.807, 2.05) is 48.5 Å². The summed E-state index contributed by atoms with van der Waals surface area (Å²) in [5, 5.41) is 8.68. The molecule has 0 radical (unpaired) electrons. The molecule has 1 heterocycles. The third-order valence-corrected chi connectivity index (χ3v) is 5.71. The summed E-state index contributed by atoms with van der Waals surface area (Å²) in [5.41, 5.74) is 3.91. The summed E-state index contributed by atoms with van der Waals surface area (Å²) in [6.45, 7) is 0.712. The molecule has 1 aliphatic heterocycles. The Kier molecular flexibility index (Phi) is 5.48. The summed E-state index contributed by atoms with van der Waals surface area (Å²) in [6.07, 6.45) is 0.754. The van der Waals surface area contributed by atoms with Crippen LogP contribution >= 0.6 is 23.2 Å². The lowest BCUT2D eigenvalue weighted by molar-refractivity contribution is 0.355. The summed E-state index contributed by atoms with van der Waals surface area (Å²) in [5.74, 6) is 1.37. The molecule has 0 amide bonds. The number of ether oxygens (including phenoxy) is 2. The third-order valence-electron chi connectivity index (χ3n) is 5.24. The number of hydrogen-bond donors (Lipinski definition) is 2. The minimum absolute atomic E-state index is 0.371. The number of rotatable bonds is 6. The lowest BCUT2D eigenvalue weighted by Gasteiger charge is -2.32. The van der Waals surface area contributed by atoms with Crippen LogP contribution in [0.1, 0.15) is 11.1 Å². The fraction of sp³-hybridized carbons (Fsp3) is 0.217. The van der Waals surface area contributed by atoms with E-state index >= 15 is 0 Å². The number of hydrogen-bond acceptors (Lipinski definition) is 4. The minimum Gasteiger partial charge on any atom is -0.493 e. The van der Waals surface area contributed by atoms with Gasteiger partial charge in [-0.05, 0) is 42.0 Å². The Morgan fingerprint density at radius 2 is 1.72 bits per heavy atom. The first-order chi connectivity index (χ1) is 14.0. The highest BCUT2D eigenvalue weighted by molar-refractivity contribution is 6.31. The van der Waals surface area contributed by atoms with Gasteiger partial charge < -0.3 is 20.1 Å². The van der Waals surface area contributed by atoms with E-state index in [1.165, 1.54) is 0 Å². The summed E-state index contributed by atoms with van der Waals surface area (Å²) >= 11 is 12.5. The van der Waals surface area contributed by atoms with Crippen LogP contribution in [-0.4, -0.2) is 20.8 Å². The van der Waals surface area contributed by atoms with Crippen LogP contribution in [0, 0.1) is 0 Å².